The van der Waals surface area contributed by atoms with Crippen LogP contribution in [0.25, 0.3) is 0 Å². The van der Waals surface area contributed by atoms with Crippen molar-refractivity contribution in [2.45, 2.75) is 6.54 Å². The van der Waals surface area contributed by atoms with Crippen molar-refractivity contribution in [3.05, 3.63) is 78.6 Å². The molecule has 0 atom stereocenters. The number of aromatic nitrogens is 3. The van der Waals surface area contributed by atoms with Gasteiger partial charge < -0.3 is 9.88 Å². The summed E-state index contributed by atoms with van der Waals surface area (Å²) in [6.07, 6.45) is 7.01. The molecular weight excluding hydrogens is 264 g/mol. The van der Waals surface area contributed by atoms with Gasteiger partial charge in [-0.3, -0.25) is 9.78 Å². The second-order valence-corrected chi connectivity index (χ2v) is 4.60. The molecule has 0 aliphatic rings. The highest BCUT2D eigenvalue weighted by Crippen LogP contribution is 2.13. The zero-order chi connectivity index (χ0) is 14.5. The van der Waals surface area contributed by atoms with Gasteiger partial charge in [-0.05, 0) is 29.8 Å². The lowest BCUT2D eigenvalue weighted by atomic mass is 10.2. The number of anilines is 1. The first kappa shape index (κ1) is 13.1. The average molecular weight is 278 g/mol. The van der Waals surface area contributed by atoms with E-state index < -0.39 is 0 Å². The van der Waals surface area contributed by atoms with Crippen molar-refractivity contribution in [1.82, 2.24) is 14.5 Å². The molecule has 0 bridgehead atoms. The molecule has 0 spiro atoms. The molecule has 3 rings (SSSR count). The van der Waals surface area contributed by atoms with Gasteiger partial charge in [-0.2, -0.15) is 0 Å². The molecule has 0 unspecified atom stereocenters. The SMILES string of the molecule is O=C(Nc1cccc(Cn2ccnc2)c1)c1ccccn1. The van der Waals surface area contributed by atoms with E-state index in [1.54, 1.807) is 36.9 Å². The van der Waals surface area contributed by atoms with Gasteiger partial charge in [0.15, 0.2) is 0 Å². The van der Waals surface area contributed by atoms with Crippen molar-refractivity contribution in [3.8, 4) is 0 Å². The Balaban J connectivity index is 1.73. The Morgan fingerprint density at radius 1 is 1.14 bits per heavy atom. The lowest BCUT2D eigenvalue weighted by Gasteiger charge is -2.07. The molecule has 1 amide bonds. The maximum atomic E-state index is 12.1. The number of pyridine rings is 1. The Labute approximate surface area is 122 Å². The first-order valence-corrected chi connectivity index (χ1v) is 6.58. The molecule has 21 heavy (non-hydrogen) atoms. The Bertz CT molecular complexity index is 723. The van der Waals surface area contributed by atoms with E-state index in [1.165, 1.54) is 0 Å². The zero-order valence-electron chi connectivity index (χ0n) is 11.3. The summed E-state index contributed by atoms with van der Waals surface area (Å²) < 4.78 is 1.97. The monoisotopic (exact) mass is 278 g/mol. The zero-order valence-corrected chi connectivity index (χ0v) is 11.3. The summed E-state index contributed by atoms with van der Waals surface area (Å²) >= 11 is 0. The van der Waals surface area contributed by atoms with Crippen LogP contribution in [0.5, 0.6) is 0 Å². The van der Waals surface area contributed by atoms with Gasteiger partial charge in [-0.25, -0.2) is 4.98 Å². The number of amides is 1. The van der Waals surface area contributed by atoms with E-state index in [1.807, 2.05) is 35.0 Å². The van der Waals surface area contributed by atoms with E-state index in [0.717, 1.165) is 11.3 Å². The van der Waals surface area contributed by atoms with Crippen LogP contribution in [0.15, 0.2) is 67.4 Å². The lowest BCUT2D eigenvalue weighted by molar-refractivity contribution is 0.102. The van der Waals surface area contributed by atoms with Crippen molar-refractivity contribution in [1.29, 1.82) is 0 Å². The topological polar surface area (TPSA) is 59.8 Å². The number of carbonyl (C=O) groups excluding carboxylic acids is 1. The van der Waals surface area contributed by atoms with Crippen molar-refractivity contribution in [2.24, 2.45) is 0 Å². The van der Waals surface area contributed by atoms with Crippen LogP contribution in [-0.2, 0) is 6.54 Å². The molecule has 0 aliphatic carbocycles. The van der Waals surface area contributed by atoms with Gasteiger partial charge >= 0.3 is 0 Å². The molecule has 1 aromatic carbocycles. The fourth-order valence-corrected chi connectivity index (χ4v) is 2.03. The Hall–Kier alpha value is -2.95. The molecule has 0 aliphatic heterocycles. The van der Waals surface area contributed by atoms with E-state index in [2.05, 4.69) is 15.3 Å². The summed E-state index contributed by atoms with van der Waals surface area (Å²) in [6, 6.07) is 13.0. The maximum absolute atomic E-state index is 12.1. The predicted molar refractivity (Wildman–Crippen MR) is 80.0 cm³/mol. The van der Waals surface area contributed by atoms with Crippen LogP contribution in [0, 0.1) is 0 Å². The van der Waals surface area contributed by atoms with E-state index in [9.17, 15) is 4.79 Å². The van der Waals surface area contributed by atoms with Crippen molar-refractivity contribution in [2.75, 3.05) is 5.32 Å². The molecule has 1 N–H and O–H groups in total. The van der Waals surface area contributed by atoms with Crippen LogP contribution in [0.4, 0.5) is 5.69 Å². The lowest BCUT2D eigenvalue weighted by Crippen LogP contribution is -2.13. The normalized spacial score (nSPS) is 10.3. The molecule has 3 aromatic rings. The molecular formula is C16H14N4O. The molecule has 5 nitrogen and oxygen atoms in total. The summed E-state index contributed by atoms with van der Waals surface area (Å²) in [5, 5.41) is 2.85. The van der Waals surface area contributed by atoms with Crippen LogP contribution >= 0.6 is 0 Å². The van der Waals surface area contributed by atoms with Gasteiger partial charge in [0.1, 0.15) is 5.69 Å². The van der Waals surface area contributed by atoms with Gasteiger partial charge in [0.05, 0.1) is 6.33 Å². The van der Waals surface area contributed by atoms with Crippen LogP contribution < -0.4 is 5.32 Å². The number of nitrogens with one attached hydrogen (secondary N) is 1. The van der Waals surface area contributed by atoms with E-state index in [4.69, 9.17) is 0 Å². The smallest absolute Gasteiger partial charge is 0.274 e. The van der Waals surface area contributed by atoms with Crippen LogP contribution in [-0.4, -0.2) is 20.4 Å². The van der Waals surface area contributed by atoms with Gasteiger partial charge in [-0.15, -0.1) is 0 Å². The summed E-state index contributed by atoms with van der Waals surface area (Å²) in [5.74, 6) is -0.213. The molecule has 0 radical (unpaired) electrons. The quantitative estimate of drug-likeness (QED) is 0.798. The number of benzene rings is 1. The second-order valence-electron chi connectivity index (χ2n) is 4.60. The predicted octanol–water partition coefficient (Wildman–Crippen LogP) is 2.58. The van der Waals surface area contributed by atoms with Gasteiger partial charge in [0, 0.05) is 30.8 Å². The van der Waals surface area contributed by atoms with Crippen LogP contribution in [0.1, 0.15) is 16.1 Å². The third-order valence-electron chi connectivity index (χ3n) is 3.01. The fourth-order valence-electron chi connectivity index (χ4n) is 2.03. The third kappa shape index (κ3) is 3.33. The molecule has 0 fully saturated rings. The summed E-state index contributed by atoms with van der Waals surface area (Å²) in [4.78, 5) is 20.1. The molecule has 104 valence electrons. The first-order valence-electron chi connectivity index (χ1n) is 6.58. The Morgan fingerprint density at radius 3 is 2.86 bits per heavy atom. The fraction of sp³-hybridized carbons (Fsp3) is 0.0625. The minimum absolute atomic E-state index is 0.213. The summed E-state index contributed by atoms with van der Waals surface area (Å²) in [5.41, 5.74) is 2.24. The summed E-state index contributed by atoms with van der Waals surface area (Å²) in [6.45, 7) is 0.716. The van der Waals surface area contributed by atoms with Gasteiger partial charge in [-0.1, -0.05) is 18.2 Å². The highest BCUT2D eigenvalue weighted by atomic mass is 16.1. The van der Waals surface area contributed by atoms with Crippen molar-refractivity contribution >= 4 is 11.6 Å². The summed E-state index contributed by atoms with van der Waals surface area (Å²) in [7, 11) is 0. The first-order chi connectivity index (χ1) is 10.3. The number of imidazole rings is 1. The van der Waals surface area contributed by atoms with E-state index in [0.29, 0.717) is 12.2 Å². The largest absolute Gasteiger partial charge is 0.333 e. The van der Waals surface area contributed by atoms with E-state index in [-0.39, 0.29) is 5.91 Å². The van der Waals surface area contributed by atoms with Crippen LogP contribution in [0.3, 0.4) is 0 Å². The number of hydrogen-bond donors (Lipinski definition) is 1. The Morgan fingerprint density at radius 2 is 2.10 bits per heavy atom. The molecule has 2 heterocycles. The number of rotatable bonds is 4. The average Bonchev–Trinajstić information content (AvgIpc) is 3.01. The second kappa shape index (κ2) is 6.00. The minimum Gasteiger partial charge on any atom is -0.333 e. The van der Waals surface area contributed by atoms with Crippen LogP contribution in [0.2, 0.25) is 0 Å². The third-order valence-corrected chi connectivity index (χ3v) is 3.01. The molecule has 0 saturated carbocycles. The molecule has 5 heteroatoms. The van der Waals surface area contributed by atoms with E-state index >= 15 is 0 Å². The highest BCUT2D eigenvalue weighted by molar-refractivity contribution is 6.02. The maximum Gasteiger partial charge on any atom is 0.274 e. The number of hydrogen-bond acceptors (Lipinski definition) is 3. The number of carbonyl (C=O) groups is 1. The molecule has 2 aromatic heterocycles. The van der Waals surface area contributed by atoms with Crippen molar-refractivity contribution < 1.29 is 4.79 Å². The highest BCUT2D eigenvalue weighted by Gasteiger charge is 2.06. The molecule has 0 saturated heterocycles. The van der Waals surface area contributed by atoms with Gasteiger partial charge in [0.25, 0.3) is 5.91 Å². The van der Waals surface area contributed by atoms with Crippen molar-refractivity contribution in [3.63, 3.8) is 0 Å². The standard InChI is InChI=1S/C16H14N4O/c21-16(15-6-1-2-7-18-15)19-14-5-3-4-13(10-14)11-20-9-8-17-12-20/h1-10,12H,11H2,(H,19,21). The minimum atomic E-state index is -0.213. The Kier molecular flexibility index (Phi) is 3.73. The number of nitrogens with zero attached hydrogens (tertiary/aromatic N) is 3. The van der Waals surface area contributed by atoms with Gasteiger partial charge in [0.2, 0.25) is 0 Å².